The van der Waals surface area contributed by atoms with Crippen LogP contribution in [0.5, 0.6) is 5.75 Å². The molecule has 4 heteroatoms. The topological polar surface area (TPSA) is 50.4 Å². The van der Waals surface area contributed by atoms with Crippen molar-refractivity contribution in [3.05, 3.63) is 59.7 Å². The van der Waals surface area contributed by atoms with Gasteiger partial charge in [-0.25, -0.2) is 0 Å². The Kier molecular flexibility index (Phi) is 6.48. The van der Waals surface area contributed by atoms with E-state index in [0.717, 1.165) is 17.0 Å². The van der Waals surface area contributed by atoms with Crippen LogP contribution in [-0.2, 0) is 11.3 Å². The standard InChI is InChI=1S/C19H24N2O2/c1-3-23-18-9-7-17(8-10-18)20-12-11-19(22)21-14-16-6-4-5-15(2)13-16/h4-10,13,20H,3,11-12,14H2,1-2H3,(H,21,22). The molecule has 122 valence electrons. The van der Waals surface area contributed by atoms with Gasteiger partial charge in [-0.1, -0.05) is 29.8 Å². The van der Waals surface area contributed by atoms with E-state index in [-0.39, 0.29) is 5.91 Å². The predicted molar refractivity (Wildman–Crippen MR) is 93.7 cm³/mol. The molecule has 0 heterocycles. The predicted octanol–water partition coefficient (Wildman–Crippen LogP) is 3.51. The van der Waals surface area contributed by atoms with Crippen molar-refractivity contribution in [2.75, 3.05) is 18.5 Å². The lowest BCUT2D eigenvalue weighted by Crippen LogP contribution is -2.24. The number of carbonyl (C=O) groups is 1. The van der Waals surface area contributed by atoms with Crippen molar-refractivity contribution in [3.63, 3.8) is 0 Å². The molecule has 2 N–H and O–H groups in total. The van der Waals surface area contributed by atoms with E-state index in [2.05, 4.69) is 16.7 Å². The van der Waals surface area contributed by atoms with Gasteiger partial charge in [-0.3, -0.25) is 4.79 Å². The molecule has 2 aromatic rings. The molecule has 0 spiro atoms. The van der Waals surface area contributed by atoms with E-state index >= 15 is 0 Å². The zero-order valence-corrected chi connectivity index (χ0v) is 13.8. The second-order valence-electron chi connectivity index (χ2n) is 5.40. The third kappa shape index (κ3) is 6.02. The van der Waals surface area contributed by atoms with Gasteiger partial charge in [0, 0.05) is 25.2 Å². The van der Waals surface area contributed by atoms with Crippen LogP contribution in [0.1, 0.15) is 24.5 Å². The number of hydrogen-bond donors (Lipinski definition) is 2. The average Bonchev–Trinajstić information content (AvgIpc) is 2.55. The first kappa shape index (κ1) is 16.9. The van der Waals surface area contributed by atoms with Crippen LogP contribution in [0.15, 0.2) is 48.5 Å². The molecule has 0 fully saturated rings. The van der Waals surface area contributed by atoms with E-state index in [1.165, 1.54) is 5.56 Å². The highest BCUT2D eigenvalue weighted by atomic mass is 16.5. The van der Waals surface area contributed by atoms with Crippen molar-refractivity contribution < 1.29 is 9.53 Å². The molecule has 0 aliphatic rings. The van der Waals surface area contributed by atoms with Crippen LogP contribution in [0.4, 0.5) is 5.69 Å². The maximum Gasteiger partial charge on any atom is 0.222 e. The number of benzene rings is 2. The van der Waals surface area contributed by atoms with Crippen molar-refractivity contribution in [2.24, 2.45) is 0 Å². The molecule has 1 amide bonds. The molecule has 0 saturated heterocycles. The summed E-state index contributed by atoms with van der Waals surface area (Å²) in [7, 11) is 0. The summed E-state index contributed by atoms with van der Waals surface area (Å²) in [6.07, 6.45) is 0.443. The normalized spacial score (nSPS) is 10.2. The Labute approximate surface area is 137 Å². The van der Waals surface area contributed by atoms with Gasteiger partial charge in [0.25, 0.3) is 0 Å². The molecule has 2 rings (SSSR count). The van der Waals surface area contributed by atoms with Crippen molar-refractivity contribution in [3.8, 4) is 5.75 Å². The molecular weight excluding hydrogens is 288 g/mol. The van der Waals surface area contributed by atoms with Crippen LogP contribution < -0.4 is 15.4 Å². The number of aryl methyl sites for hydroxylation is 1. The van der Waals surface area contributed by atoms with Gasteiger partial charge in [-0.05, 0) is 43.7 Å². The van der Waals surface area contributed by atoms with Crippen molar-refractivity contribution in [1.29, 1.82) is 0 Å². The first-order chi connectivity index (χ1) is 11.2. The van der Waals surface area contributed by atoms with Crippen LogP contribution in [0.25, 0.3) is 0 Å². The molecule has 0 aliphatic carbocycles. The van der Waals surface area contributed by atoms with Crippen LogP contribution in [0, 0.1) is 6.92 Å². The number of rotatable bonds is 8. The van der Waals surface area contributed by atoms with Gasteiger partial charge >= 0.3 is 0 Å². The summed E-state index contributed by atoms with van der Waals surface area (Å²) in [4.78, 5) is 11.9. The Balaban J connectivity index is 1.68. The number of ether oxygens (including phenoxy) is 1. The van der Waals surface area contributed by atoms with Crippen LogP contribution in [0.2, 0.25) is 0 Å². The molecular formula is C19H24N2O2. The van der Waals surface area contributed by atoms with E-state index in [9.17, 15) is 4.79 Å². The van der Waals surface area contributed by atoms with Crippen molar-refractivity contribution in [1.82, 2.24) is 5.32 Å². The molecule has 0 unspecified atom stereocenters. The highest BCUT2D eigenvalue weighted by Gasteiger charge is 2.02. The Morgan fingerprint density at radius 2 is 1.91 bits per heavy atom. The summed E-state index contributed by atoms with van der Waals surface area (Å²) >= 11 is 0. The van der Waals surface area contributed by atoms with E-state index in [0.29, 0.717) is 26.1 Å². The van der Waals surface area contributed by atoms with Crippen LogP contribution >= 0.6 is 0 Å². The number of hydrogen-bond acceptors (Lipinski definition) is 3. The average molecular weight is 312 g/mol. The molecule has 23 heavy (non-hydrogen) atoms. The second-order valence-corrected chi connectivity index (χ2v) is 5.40. The zero-order valence-electron chi connectivity index (χ0n) is 13.8. The number of anilines is 1. The van der Waals surface area contributed by atoms with Crippen LogP contribution in [-0.4, -0.2) is 19.1 Å². The van der Waals surface area contributed by atoms with Gasteiger partial charge in [-0.15, -0.1) is 0 Å². The van der Waals surface area contributed by atoms with Gasteiger partial charge in [0.1, 0.15) is 5.75 Å². The van der Waals surface area contributed by atoms with E-state index in [1.54, 1.807) is 0 Å². The van der Waals surface area contributed by atoms with E-state index in [4.69, 9.17) is 4.74 Å². The maximum absolute atomic E-state index is 11.9. The van der Waals surface area contributed by atoms with Crippen LogP contribution in [0.3, 0.4) is 0 Å². The Morgan fingerprint density at radius 1 is 1.13 bits per heavy atom. The number of carbonyl (C=O) groups excluding carboxylic acids is 1. The fourth-order valence-electron chi connectivity index (χ4n) is 2.27. The molecule has 4 nitrogen and oxygen atoms in total. The minimum Gasteiger partial charge on any atom is -0.494 e. The van der Waals surface area contributed by atoms with Gasteiger partial charge < -0.3 is 15.4 Å². The summed E-state index contributed by atoms with van der Waals surface area (Å²) < 4.78 is 5.39. The second kappa shape index (κ2) is 8.83. The number of amides is 1. The van der Waals surface area contributed by atoms with Gasteiger partial charge in [0.2, 0.25) is 5.91 Å². The highest BCUT2D eigenvalue weighted by Crippen LogP contribution is 2.15. The summed E-state index contributed by atoms with van der Waals surface area (Å²) in [6, 6.07) is 15.9. The van der Waals surface area contributed by atoms with E-state index in [1.807, 2.05) is 56.3 Å². The molecule has 0 radical (unpaired) electrons. The Morgan fingerprint density at radius 3 is 2.61 bits per heavy atom. The largest absolute Gasteiger partial charge is 0.494 e. The SMILES string of the molecule is CCOc1ccc(NCCC(=O)NCc2cccc(C)c2)cc1. The lowest BCUT2D eigenvalue weighted by molar-refractivity contribution is -0.121. The Hall–Kier alpha value is -2.49. The van der Waals surface area contributed by atoms with Gasteiger partial charge in [0.15, 0.2) is 0 Å². The first-order valence-electron chi connectivity index (χ1n) is 7.96. The lowest BCUT2D eigenvalue weighted by atomic mass is 10.1. The molecule has 0 aromatic heterocycles. The quantitative estimate of drug-likeness (QED) is 0.784. The summed E-state index contributed by atoms with van der Waals surface area (Å²) in [5.74, 6) is 0.902. The summed E-state index contributed by atoms with van der Waals surface area (Å²) in [5, 5.41) is 6.18. The molecule has 0 saturated carbocycles. The molecule has 0 atom stereocenters. The first-order valence-corrected chi connectivity index (χ1v) is 7.96. The Bertz CT molecular complexity index is 624. The van der Waals surface area contributed by atoms with E-state index < -0.39 is 0 Å². The lowest BCUT2D eigenvalue weighted by Gasteiger charge is -2.09. The maximum atomic E-state index is 11.9. The fourth-order valence-corrected chi connectivity index (χ4v) is 2.27. The fraction of sp³-hybridized carbons (Fsp3) is 0.316. The summed E-state index contributed by atoms with van der Waals surface area (Å²) in [5.41, 5.74) is 3.31. The third-order valence-corrected chi connectivity index (χ3v) is 3.42. The minimum absolute atomic E-state index is 0.0462. The summed E-state index contributed by atoms with van der Waals surface area (Å²) in [6.45, 7) is 5.85. The zero-order chi connectivity index (χ0) is 16.5. The smallest absolute Gasteiger partial charge is 0.222 e. The van der Waals surface area contributed by atoms with Crippen molar-refractivity contribution >= 4 is 11.6 Å². The molecule has 0 aliphatic heterocycles. The van der Waals surface area contributed by atoms with Gasteiger partial charge in [0.05, 0.1) is 6.61 Å². The molecule has 2 aromatic carbocycles. The molecule has 0 bridgehead atoms. The third-order valence-electron chi connectivity index (χ3n) is 3.42. The number of nitrogens with one attached hydrogen (secondary N) is 2. The van der Waals surface area contributed by atoms with Gasteiger partial charge in [-0.2, -0.15) is 0 Å². The van der Waals surface area contributed by atoms with Crippen molar-refractivity contribution in [2.45, 2.75) is 26.8 Å². The minimum atomic E-state index is 0.0462. The monoisotopic (exact) mass is 312 g/mol. The highest BCUT2D eigenvalue weighted by molar-refractivity contribution is 5.76.